The molecule has 2 aromatic heterocycles. The number of nitrogens with two attached hydrogens (primary N) is 1. The summed E-state index contributed by atoms with van der Waals surface area (Å²) in [5.74, 6) is 2.65. The molecule has 2 N–H and O–H groups in total. The number of hydrogen-bond acceptors (Lipinski definition) is 9. The number of amides is 1. The summed E-state index contributed by atoms with van der Waals surface area (Å²) in [5, 5.41) is 12.6. The molecular formula is C15H14N6O4S. The molecule has 1 amide bonds. The van der Waals surface area contributed by atoms with E-state index in [4.69, 9.17) is 19.6 Å². The monoisotopic (exact) mass is 374 g/mol. The van der Waals surface area contributed by atoms with Gasteiger partial charge in [0.15, 0.2) is 17.3 Å². The van der Waals surface area contributed by atoms with Crippen LogP contribution in [0.15, 0.2) is 27.8 Å². The molecule has 0 radical (unpaired) electrons. The van der Waals surface area contributed by atoms with Crippen molar-refractivity contribution >= 4 is 17.7 Å². The van der Waals surface area contributed by atoms with E-state index in [0.29, 0.717) is 40.0 Å². The molecule has 3 heterocycles. The number of ether oxygens (including phenoxy) is 2. The minimum atomic E-state index is -0.500. The summed E-state index contributed by atoms with van der Waals surface area (Å²) < 4.78 is 17.7. The predicted octanol–water partition coefficient (Wildman–Crippen LogP) is 1.01. The highest BCUT2D eigenvalue weighted by Gasteiger charge is 2.18. The van der Waals surface area contributed by atoms with Gasteiger partial charge in [-0.3, -0.25) is 4.79 Å². The van der Waals surface area contributed by atoms with E-state index in [1.54, 1.807) is 23.7 Å². The molecule has 134 valence electrons. The smallest absolute Gasteiger partial charge is 0.277 e. The Kier molecular flexibility index (Phi) is 4.21. The largest absolute Gasteiger partial charge is 0.454 e. The molecule has 4 rings (SSSR count). The quantitative estimate of drug-likeness (QED) is 0.628. The van der Waals surface area contributed by atoms with E-state index in [1.807, 2.05) is 6.07 Å². The van der Waals surface area contributed by atoms with Gasteiger partial charge >= 0.3 is 0 Å². The third kappa shape index (κ3) is 3.33. The summed E-state index contributed by atoms with van der Waals surface area (Å²) in [7, 11) is 0. The van der Waals surface area contributed by atoms with Crippen LogP contribution in [-0.2, 0) is 17.0 Å². The second-order valence-electron chi connectivity index (χ2n) is 5.41. The number of rotatable bonds is 6. The topological polar surface area (TPSA) is 131 Å². The number of primary amides is 1. The zero-order valence-electron chi connectivity index (χ0n) is 13.7. The molecule has 0 saturated heterocycles. The number of carbonyl (C=O) groups excluding carboxylic acids is 1. The Hall–Kier alpha value is -3.08. The van der Waals surface area contributed by atoms with Gasteiger partial charge in [0.25, 0.3) is 5.22 Å². The van der Waals surface area contributed by atoms with E-state index in [0.717, 1.165) is 5.69 Å². The first-order valence-electron chi connectivity index (χ1n) is 7.64. The van der Waals surface area contributed by atoms with Crippen LogP contribution in [-0.4, -0.2) is 37.7 Å². The number of nitrogens with zero attached hydrogens (tertiary/aromatic N) is 5. The number of thioether (sulfide) groups is 1. The fourth-order valence-corrected chi connectivity index (χ4v) is 3.12. The van der Waals surface area contributed by atoms with Gasteiger partial charge in [0, 0.05) is 13.0 Å². The van der Waals surface area contributed by atoms with Gasteiger partial charge in [0.1, 0.15) is 5.82 Å². The van der Waals surface area contributed by atoms with E-state index in [1.165, 1.54) is 11.8 Å². The van der Waals surface area contributed by atoms with Crippen LogP contribution in [0.1, 0.15) is 17.5 Å². The van der Waals surface area contributed by atoms with Crippen molar-refractivity contribution in [3.05, 3.63) is 35.7 Å². The van der Waals surface area contributed by atoms with E-state index in [-0.39, 0.29) is 13.2 Å². The van der Waals surface area contributed by atoms with Crippen molar-refractivity contribution in [3.63, 3.8) is 0 Å². The van der Waals surface area contributed by atoms with Crippen LogP contribution in [0.2, 0.25) is 0 Å². The molecular weight excluding hydrogens is 360 g/mol. The lowest BCUT2D eigenvalue weighted by atomic mass is 10.3. The Bertz CT molecular complexity index is 969. The zero-order valence-corrected chi connectivity index (χ0v) is 14.5. The maximum absolute atomic E-state index is 11.2. The minimum absolute atomic E-state index is 0.0467. The highest BCUT2D eigenvalue weighted by molar-refractivity contribution is 7.98. The highest BCUT2D eigenvalue weighted by Crippen LogP contribution is 2.34. The van der Waals surface area contributed by atoms with Crippen molar-refractivity contribution < 1.29 is 18.7 Å². The van der Waals surface area contributed by atoms with Crippen molar-refractivity contribution in [2.75, 3.05) is 6.79 Å². The number of aryl methyl sites for hydroxylation is 1. The van der Waals surface area contributed by atoms with Crippen molar-refractivity contribution in [1.82, 2.24) is 25.0 Å². The van der Waals surface area contributed by atoms with Crippen LogP contribution in [0.25, 0.3) is 5.69 Å². The average molecular weight is 374 g/mol. The Morgan fingerprint density at radius 1 is 1.31 bits per heavy atom. The molecule has 0 fully saturated rings. The molecule has 1 aromatic carbocycles. The van der Waals surface area contributed by atoms with Crippen LogP contribution in [0.3, 0.4) is 0 Å². The Morgan fingerprint density at radius 2 is 2.15 bits per heavy atom. The molecule has 11 heteroatoms. The second-order valence-corrected chi connectivity index (χ2v) is 6.34. The average Bonchev–Trinajstić information content (AvgIpc) is 3.31. The van der Waals surface area contributed by atoms with Gasteiger partial charge < -0.3 is 19.6 Å². The summed E-state index contributed by atoms with van der Waals surface area (Å²) in [6.07, 6.45) is -0.0467. The molecule has 26 heavy (non-hydrogen) atoms. The SMILES string of the molecule is Cc1nnc(SCc2nc(CC(N)=O)nn2-c2ccc3c(c2)OCO3)o1. The standard InChI is InChI=1S/C15H14N6O4S/c1-8-18-19-15(25-8)26-6-14-17-13(5-12(16)22)20-21(14)9-2-3-10-11(4-9)24-7-23-10/h2-4H,5-7H2,1H3,(H2,16,22). The number of hydrogen-bond donors (Lipinski definition) is 1. The Morgan fingerprint density at radius 3 is 2.92 bits per heavy atom. The molecule has 0 spiro atoms. The van der Waals surface area contributed by atoms with Gasteiger partial charge in [-0.2, -0.15) is 5.10 Å². The number of carbonyl (C=O) groups is 1. The molecule has 1 aliphatic rings. The zero-order chi connectivity index (χ0) is 18.1. The van der Waals surface area contributed by atoms with Crippen molar-refractivity contribution in [2.45, 2.75) is 24.3 Å². The van der Waals surface area contributed by atoms with E-state index >= 15 is 0 Å². The lowest BCUT2D eigenvalue weighted by Gasteiger charge is -2.06. The molecule has 3 aromatic rings. The van der Waals surface area contributed by atoms with Gasteiger partial charge in [-0.1, -0.05) is 11.8 Å². The van der Waals surface area contributed by atoms with Crippen LogP contribution < -0.4 is 15.2 Å². The molecule has 0 unspecified atom stereocenters. The molecule has 0 atom stereocenters. The maximum atomic E-state index is 11.2. The summed E-state index contributed by atoms with van der Waals surface area (Å²) in [6.45, 7) is 1.90. The lowest BCUT2D eigenvalue weighted by molar-refractivity contribution is -0.117. The number of aromatic nitrogens is 5. The number of benzene rings is 1. The summed E-state index contributed by atoms with van der Waals surface area (Å²) in [4.78, 5) is 15.6. The summed E-state index contributed by atoms with van der Waals surface area (Å²) in [6, 6.07) is 5.43. The van der Waals surface area contributed by atoms with Crippen LogP contribution >= 0.6 is 11.8 Å². The van der Waals surface area contributed by atoms with Gasteiger partial charge in [-0.25, -0.2) is 9.67 Å². The molecule has 10 nitrogen and oxygen atoms in total. The van der Waals surface area contributed by atoms with Crippen molar-refractivity contribution in [3.8, 4) is 17.2 Å². The molecule has 0 aliphatic carbocycles. The number of fused-ring (bicyclic) bond motifs is 1. The fourth-order valence-electron chi connectivity index (χ4n) is 2.40. The van der Waals surface area contributed by atoms with Crippen molar-refractivity contribution in [1.29, 1.82) is 0 Å². The predicted molar refractivity (Wildman–Crippen MR) is 89.0 cm³/mol. The van der Waals surface area contributed by atoms with Gasteiger partial charge in [0.2, 0.25) is 18.6 Å². The molecule has 0 saturated carbocycles. The van der Waals surface area contributed by atoms with Crippen LogP contribution in [0, 0.1) is 6.92 Å². The third-order valence-corrected chi connectivity index (χ3v) is 4.30. The first kappa shape index (κ1) is 16.4. The fraction of sp³-hybridized carbons (Fsp3) is 0.267. The normalized spacial score (nSPS) is 12.5. The first-order chi connectivity index (χ1) is 12.6. The van der Waals surface area contributed by atoms with E-state index in [9.17, 15) is 4.79 Å². The summed E-state index contributed by atoms with van der Waals surface area (Å²) >= 11 is 1.33. The van der Waals surface area contributed by atoms with Crippen molar-refractivity contribution in [2.24, 2.45) is 5.73 Å². The minimum Gasteiger partial charge on any atom is -0.454 e. The van der Waals surface area contributed by atoms with Crippen LogP contribution in [0.4, 0.5) is 0 Å². The Balaban J connectivity index is 1.65. The Labute approximate surface area is 151 Å². The molecule has 0 bridgehead atoms. The van der Waals surface area contributed by atoms with Gasteiger partial charge in [-0.05, 0) is 12.1 Å². The first-order valence-corrected chi connectivity index (χ1v) is 8.63. The van der Waals surface area contributed by atoms with Gasteiger partial charge in [-0.15, -0.1) is 10.2 Å². The summed E-state index contributed by atoms with van der Waals surface area (Å²) in [5.41, 5.74) is 5.99. The van der Waals surface area contributed by atoms with Gasteiger partial charge in [0.05, 0.1) is 17.9 Å². The van der Waals surface area contributed by atoms with Crippen LogP contribution in [0.5, 0.6) is 11.5 Å². The highest BCUT2D eigenvalue weighted by atomic mass is 32.2. The van der Waals surface area contributed by atoms with E-state index in [2.05, 4.69) is 20.3 Å². The third-order valence-electron chi connectivity index (χ3n) is 3.48. The molecule has 1 aliphatic heterocycles. The second kappa shape index (κ2) is 6.67. The van der Waals surface area contributed by atoms with E-state index < -0.39 is 5.91 Å². The maximum Gasteiger partial charge on any atom is 0.277 e. The lowest BCUT2D eigenvalue weighted by Crippen LogP contribution is -2.14.